The van der Waals surface area contributed by atoms with Crippen LogP contribution in [0.5, 0.6) is 0 Å². The zero-order chi connectivity index (χ0) is 17.4. The minimum atomic E-state index is 0.109. The van der Waals surface area contributed by atoms with E-state index in [0.29, 0.717) is 16.3 Å². The van der Waals surface area contributed by atoms with Crippen molar-refractivity contribution >= 4 is 17.7 Å². The van der Waals surface area contributed by atoms with Gasteiger partial charge in [-0.2, -0.15) is 0 Å². The van der Waals surface area contributed by atoms with Gasteiger partial charge in [0.1, 0.15) is 0 Å². The molecule has 0 unspecified atom stereocenters. The normalized spacial score (nSPS) is 32.8. The zero-order valence-corrected chi connectivity index (χ0v) is 16.2. The van der Waals surface area contributed by atoms with Gasteiger partial charge in [0.25, 0.3) is 0 Å². The van der Waals surface area contributed by atoms with E-state index in [2.05, 4.69) is 15.3 Å². The van der Waals surface area contributed by atoms with E-state index in [1.165, 1.54) is 56.7 Å². The Morgan fingerprint density at radius 2 is 1.68 bits per heavy atom. The van der Waals surface area contributed by atoms with E-state index >= 15 is 0 Å². The number of carbonyl (C=O) groups excluding carboxylic acids is 1. The van der Waals surface area contributed by atoms with Crippen LogP contribution < -0.4 is 5.32 Å². The Morgan fingerprint density at radius 3 is 2.24 bits per heavy atom. The second kappa shape index (κ2) is 6.90. The van der Waals surface area contributed by atoms with E-state index in [1.807, 2.05) is 19.9 Å². The molecule has 4 fully saturated rings. The number of nitrogens with one attached hydrogen (secondary N) is 1. The van der Waals surface area contributed by atoms with Gasteiger partial charge in [-0.05, 0) is 88.0 Å². The molecule has 1 N–H and O–H groups in total. The summed E-state index contributed by atoms with van der Waals surface area (Å²) in [6, 6.07) is 1.95. The number of nitrogens with zero attached hydrogens (tertiary/aromatic N) is 2. The largest absolute Gasteiger partial charge is 0.355 e. The molecule has 0 spiro atoms. The monoisotopic (exact) mass is 359 g/mol. The molecule has 0 aliphatic heterocycles. The second-order valence-electron chi connectivity index (χ2n) is 8.74. The first-order chi connectivity index (χ1) is 12.0. The van der Waals surface area contributed by atoms with Gasteiger partial charge in [0.2, 0.25) is 5.91 Å². The number of aryl methyl sites for hydroxylation is 2. The maximum Gasteiger partial charge on any atom is 0.230 e. The lowest BCUT2D eigenvalue weighted by Gasteiger charge is -2.57. The molecule has 0 aromatic carbocycles. The molecule has 4 aliphatic rings. The van der Waals surface area contributed by atoms with Crippen molar-refractivity contribution in [3.8, 4) is 0 Å². The number of carbonyl (C=O) groups is 1. The summed E-state index contributed by atoms with van der Waals surface area (Å²) in [4.78, 5) is 21.0. The molecule has 0 saturated heterocycles. The van der Waals surface area contributed by atoms with Crippen molar-refractivity contribution in [1.82, 2.24) is 15.3 Å². The summed E-state index contributed by atoms with van der Waals surface area (Å²) in [7, 11) is 0. The van der Waals surface area contributed by atoms with Gasteiger partial charge in [-0.1, -0.05) is 11.8 Å². The van der Waals surface area contributed by atoms with Crippen LogP contribution in [-0.4, -0.2) is 28.2 Å². The number of amides is 1. The summed E-state index contributed by atoms with van der Waals surface area (Å²) in [5.74, 6) is 3.47. The Hall–Kier alpha value is -1.10. The quantitative estimate of drug-likeness (QED) is 0.618. The van der Waals surface area contributed by atoms with E-state index < -0.39 is 0 Å². The Labute approximate surface area is 155 Å². The molecule has 25 heavy (non-hydrogen) atoms. The molecule has 0 radical (unpaired) electrons. The first kappa shape index (κ1) is 17.3. The molecule has 136 valence electrons. The van der Waals surface area contributed by atoms with Crippen LogP contribution in [0.3, 0.4) is 0 Å². The Kier molecular flexibility index (Phi) is 4.78. The molecule has 1 aromatic heterocycles. The fourth-order valence-corrected chi connectivity index (χ4v) is 6.78. The topological polar surface area (TPSA) is 54.9 Å². The average molecular weight is 360 g/mol. The molecule has 1 heterocycles. The SMILES string of the molecule is Cc1cc(C)nc(SCC(=O)NCCC23CC4CC(CC(C4)C2)C3)n1. The van der Waals surface area contributed by atoms with Gasteiger partial charge in [0.05, 0.1) is 5.75 Å². The third kappa shape index (κ3) is 4.02. The molecule has 1 aromatic rings. The molecule has 4 saturated carbocycles. The van der Waals surface area contributed by atoms with E-state index in [9.17, 15) is 4.79 Å². The average Bonchev–Trinajstić information content (AvgIpc) is 2.50. The van der Waals surface area contributed by atoms with Crippen molar-refractivity contribution in [2.24, 2.45) is 23.2 Å². The molecular formula is C20H29N3OS. The van der Waals surface area contributed by atoms with Crippen molar-refractivity contribution in [2.45, 2.75) is 63.9 Å². The van der Waals surface area contributed by atoms with Gasteiger partial charge in [0, 0.05) is 17.9 Å². The Bertz CT molecular complexity index is 605. The molecule has 5 heteroatoms. The van der Waals surface area contributed by atoms with Crippen LogP contribution in [0.25, 0.3) is 0 Å². The molecule has 4 aliphatic carbocycles. The van der Waals surface area contributed by atoms with Gasteiger partial charge in [-0.3, -0.25) is 4.79 Å². The Balaban J connectivity index is 1.23. The number of aromatic nitrogens is 2. The molecule has 5 rings (SSSR count). The van der Waals surface area contributed by atoms with Gasteiger partial charge in [-0.15, -0.1) is 0 Å². The molecule has 1 amide bonds. The number of hydrogen-bond acceptors (Lipinski definition) is 4. The standard InChI is InChI=1S/C20H29N3OS/c1-13-5-14(2)23-19(22-13)25-12-18(24)21-4-3-20-9-15-6-16(10-20)8-17(7-15)11-20/h5,15-17H,3-4,6-12H2,1-2H3,(H,21,24). The van der Waals surface area contributed by atoms with Gasteiger partial charge < -0.3 is 5.32 Å². The van der Waals surface area contributed by atoms with Crippen molar-refractivity contribution in [1.29, 1.82) is 0 Å². The van der Waals surface area contributed by atoms with E-state index in [4.69, 9.17) is 0 Å². The Morgan fingerprint density at radius 1 is 1.12 bits per heavy atom. The van der Waals surface area contributed by atoms with Crippen LogP contribution in [0, 0.1) is 37.0 Å². The summed E-state index contributed by atoms with van der Waals surface area (Å²) in [5.41, 5.74) is 2.46. The lowest BCUT2D eigenvalue weighted by molar-refractivity contribution is -0.119. The predicted octanol–water partition coefficient (Wildman–Crippen LogP) is 3.91. The molecular weight excluding hydrogens is 330 g/mol. The van der Waals surface area contributed by atoms with Crippen molar-refractivity contribution < 1.29 is 4.79 Å². The van der Waals surface area contributed by atoms with Gasteiger partial charge >= 0.3 is 0 Å². The maximum atomic E-state index is 12.2. The molecule has 0 atom stereocenters. The molecule has 4 nitrogen and oxygen atoms in total. The number of thioether (sulfide) groups is 1. The number of rotatable bonds is 6. The fourth-order valence-electron chi connectivity index (χ4n) is 6.00. The highest BCUT2D eigenvalue weighted by Crippen LogP contribution is 2.61. The smallest absolute Gasteiger partial charge is 0.230 e. The van der Waals surface area contributed by atoms with E-state index in [0.717, 1.165) is 35.7 Å². The van der Waals surface area contributed by atoms with Crippen LogP contribution in [-0.2, 0) is 4.79 Å². The summed E-state index contributed by atoms with van der Waals surface area (Å²) in [6.07, 6.45) is 9.88. The van der Waals surface area contributed by atoms with Crippen molar-refractivity contribution in [3.63, 3.8) is 0 Å². The fraction of sp³-hybridized carbons (Fsp3) is 0.750. The van der Waals surface area contributed by atoms with Gasteiger partial charge in [-0.25, -0.2) is 9.97 Å². The lowest BCUT2D eigenvalue weighted by Crippen LogP contribution is -2.47. The third-order valence-corrected chi connectivity index (χ3v) is 7.28. The van der Waals surface area contributed by atoms with Crippen LogP contribution in [0.4, 0.5) is 0 Å². The summed E-state index contributed by atoms with van der Waals surface area (Å²) in [6.45, 7) is 4.76. The molecule has 4 bridgehead atoms. The zero-order valence-electron chi connectivity index (χ0n) is 15.4. The summed E-state index contributed by atoms with van der Waals surface area (Å²) >= 11 is 1.43. The maximum absolute atomic E-state index is 12.2. The van der Waals surface area contributed by atoms with Crippen LogP contribution in [0.1, 0.15) is 56.3 Å². The lowest BCUT2D eigenvalue weighted by atomic mass is 9.49. The minimum absolute atomic E-state index is 0.109. The highest BCUT2D eigenvalue weighted by Gasteiger charge is 2.50. The third-order valence-electron chi connectivity index (χ3n) is 6.44. The second-order valence-corrected chi connectivity index (χ2v) is 9.68. The highest BCUT2D eigenvalue weighted by molar-refractivity contribution is 7.99. The van der Waals surface area contributed by atoms with Gasteiger partial charge in [0.15, 0.2) is 5.16 Å². The minimum Gasteiger partial charge on any atom is -0.355 e. The van der Waals surface area contributed by atoms with Crippen molar-refractivity contribution in [3.05, 3.63) is 17.5 Å². The summed E-state index contributed by atoms with van der Waals surface area (Å²) < 4.78 is 0. The van der Waals surface area contributed by atoms with Crippen LogP contribution in [0.15, 0.2) is 11.2 Å². The van der Waals surface area contributed by atoms with Crippen LogP contribution >= 0.6 is 11.8 Å². The number of hydrogen-bond donors (Lipinski definition) is 1. The van der Waals surface area contributed by atoms with E-state index in [-0.39, 0.29) is 5.91 Å². The van der Waals surface area contributed by atoms with Crippen molar-refractivity contribution in [2.75, 3.05) is 12.3 Å². The first-order valence-corrected chi connectivity index (χ1v) is 10.7. The van der Waals surface area contributed by atoms with E-state index in [1.54, 1.807) is 0 Å². The first-order valence-electron chi connectivity index (χ1n) is 9.71. The van der Waals surface area contributed by atoms with Crippen LogP contribution in [0.2, 0.25) is 0 Å². The summed E-state index contributed by atoms with van der Waals surface area (Å²) in [5, 5.41) is 3.84. The highest BCUT2D eigenvalue weighted by atomic mass is 32.2. The predicted molar refractivity (Wildman–Crippen MR) is 100 cm³/mol.